The Labute approximate surface area is 195 Å². The van der Waals surface area contributed by atoms with Crippen LogP contribution >= 0.6 is 34.7 Å². The molecule has 2 aliphatic heterocycles. The van der Waals surface area contributed by atoms with Crippen molar-refractivity contribution in [2.45, 2.75) is 22.6 Å². The second-order valence-electron chi connectivity index (χ2n) is 8.96. The highest BCUT2D eigenvalue weighted by molar-refractivity contribution is 8.00. The number of anilines is 1. The molecule has 162 valence electrons. The molecule has 0 unspecified atom stereocenters. The molecule has 6 nitrogen and oxygen atoms in total. The highest BCUT2D eigenvalue weighted by Gasteiger charge is 2.70. The van der Waals surface area contributed by atoms with Crippen LogP contribution in [0, 0.1) is 29.6 Å². The molecule has 2 aromatic heterocycles. The second kappa shape index (κ2) is 6.62. The smallest absolute Gasteiger partial charge is 0.305 e. The molecule has 7 atom stereocenters. The minimum Gasteiger partial charge on any atom is -0.469 e. The Bertz CT molecular complexity index is 1310. The fraction of sp³-hybridized carbons (Fsp3) is 0.348. The van der Waals surface area contributed by atoms with Gasteiger partial charge in [0.2, 0.25) is 11.8 Å². The van der Waals surface area contributed by atoms with Gasteiger partial charge in [-0.2, -0.15) is 0 Å². The van der Waals surface area contributed by atoms with Gasteiger partial charge in [-0.25, -0.2) is 0 Å². The molecular weight excluding hydrogens is 468 g/mol. The SMILES string of the molecule is O=C1[C@@H]2[C@H]3C[C@@H]([C@@H]2C(=O)N1c1ccc(Cl)cc1)[C@@H]1[C@@H](c2ccco2)c2sc(=O)[nH]c2S[C@@H]31. The molecule has 1 N–H and O–H groups in total. The molecule has 1 saturated heterocycles. The Morgan fingerprint density at radius 3 is 2.50 bits per heavy atom. The number of thioether (sulfide) groups is 1. The van der Waals surface area contributed by atoms with E-state index in [1.54, 1.807) is 42.3 Å². The highest BCUT2D eigenvalue weighted by Crippen LogP contribution is 2.68. The predicted octanol–water partition coefficient (Wildman–Crippen LogP) is 4.36. The van der Waals surface area contributed by atoms with Crippen molar-refractivity contribution in [3.63, 3.8) is 0 Å². The van der Waals surface area contributed by atoms with Crippen LogP contribution in [-0.4, -0.2) is 22.0 Å². The number of aromatic nitrogens is 1. The van der Waals surface area contributed by atoms with Gasteiger partial charge in [0.05, 0.1) is 39.6 Å². The van der Waals surface area contributed by atoms with E-state index in [9.17, 15) is 14.4 Å². The van der Waals surface area contributed by atoms with E-state index in [1.165, 1.54) is 16.2 Å². The van der Waals surface area contributed by atoms with Crippen LogP contribution in [0.2, 0.25) is 5.02 Å². The van der Waals surface area contributed by atoms with Gasteiger partial charge in [-0.1, -0.05) is 22.9 Å². The number of hydrogen-bond acceptors (Lipinski definition) is 6. The Balaban J connectivity index is 1.32. The van der Waals surface area contributed by atoms with Crippen molar-refractivity contribution in [1.29, 1.82) is 0 Å². The summed E-state index contributed by atoms with van der Waals surface area (Å²) < 4.78 is 5.82. The summed E-state index contributed by atoms with van der Waals surface area (Å²) in [6, 6.07) is 10.7. The van der Waals surface area contributed by atoms with Crippen LogP contribution < -0.4 is 9.77 Å². The maximum Gasteiger partial charge on any atom is 0.305 e. The van der Waals surface area contributed by atoms with Gasteiger partial charge in [-0.15, -0.1) is 11.8 Å². The number of thiazole rings is 1. The van der Waals surface area contributed by atoms with Crippen LogP contribution in [-0.2, 0) is 9.59 Å². The first kappa shape index (κ1) is 19.2. The molecule has 1 aromatic carbocycles. The van der Waals surface area contributed by atoms with Gasteiger partial charge >= 0.3 is 4.87 Å². The third-order valence-electron chi connectivity index (χ3n) is 7.66. The lowest BCUT2D eigenvalue weighted by atomic mass is 9.69. The van der Waals surface area contributed by atoms with Gasteiger partial charge in [0.1, 0.15) is 5.76 Å². The minimum absolute atomic E-state index is 0.0707. The standard InChI is InChI=1S/C23H17ClN2O4S2/c24-9-3-5-10(6-4-9)26-21(27)15-11-8-12(16(15)22(26)28)18-14(11)17(13-2-1-7-30-13)19-20(31-18)25-23(29)32-19/h1-7,11-12,14-18H,8H2,(H,25,29)/t11-,12-,14-,15+,16-,17-,18+/m1/s1. The molecule has 9 heteroatoms. The maximum absolute atomic E-state index is 13.6. The number of H-pyrrole nitrogens is 1. The van der Waals surface area contributed by atoms with Crippen LogP contribution in [0.3, 0.4) is 0 Å². The number of amides is 2. The van der Waals surface area contributed by atoms with E-state index in [0.717, 1.165) is 22.1 Å². The summed E-state index contributed by atoms with van der Waals surface area (Å²) in [5, 5.41) is 1.62. The van der Waals surface area contributed by atoms with Crippen LogP contribution in [0.25, 0.3) is 0 Å². The molecule has 2 amide bonds. The normalized spacial score (nSPS) is 34.7. The quantitative estimate of drug-likeness (QED) is 0.546. The number of rotatable bonds is 2. The summed E-state index contributed by atoms with van der Waals surface area (Å²) >= 11 is 8.92. The predicted molar refractivity (Wildman–Crippen MR) is 121 cm³/mol. The van der Waals surface area contributed by atoms with Gasteiger partial charge in [0.15, 0.2) is 0 Å². The Kier molecular flexibility index (Phi) is 3.97. The molecule has 0 radical (unpaired) electrons. The van der Waals surface area contributed by atoms with E-state index >= 15 is 0 Å². The number of fused-ring (bicyclic) bond motifs is 9. The number of furan rings is 1. The van der Waals surface area contributed by atoms with Crippen molar-refractivity contribution in [2.24, 2.45) is 29.6 Å². The van der Waals surface area contributed by atoms with Gasteiger partial charge < -0.3 is 9.40 Å². The first-order valence-corrected chi connectivity index (χ1v) is 12.7. The number of nitrogens with one attached hydrogen (secondary N) is 1. The molecule has 2 bridgehead atoms. The Hall–Kier alpha value is -2.29. The number of aromatic amines is 1. The van der Waals surface area contributed by atoms with E-state index in [1.807, 2.05) is 12.1 Å². The molecule has 7 rings (SSSR count). The molecule has 2 aliphatic carbocycles. The molecule has 0 spiro atoms. The number of hydrogen-bond donors (Lipinski definition) is 1. The van der Waals surface area contributed by atoms with Gasteiger partial charge in [-0.05, 0) is 60.6 Å². The number of nitrogens with zero attached hydrogens (tertiary/aromatic N) is 1. The van der Waals surface area contributed by atoms with Crippen molar-refractivity contribution >= 4 is 52.2 Å². The van der Waals surface area contributed by atoms with Crippen molar-refractivity contribution in [2.75, 3.05) is 4.90 Å². The van der Waals surface area contributed by atoms with Crippen LogP contribution in [0.5, 0.6) is 0 Å². The third-order valence-corrected chi connectivity index (χ3v) is 10.5. The van der Waals surface area contributed by atoms with E-state index in [0.29, 0.717) is 10.7 Å². The zero-order chi connectivity index (χ0) is 21.7. The monoisotopic (exact) mass is 484 g/mol. The summed E-state index contributed by atoms with van der Waals surface area (Å²) in [6.07, 6.45) is 2.52. The van der Waals surface area contributed by atoms with Crippen molar-refractivity contribution in [1.82, 2.24) is 4.98 Å². The van der Waals surface area contributed by atoms with Crippen LogP contribution in [0.1, 0.15) is 23.0 Å². The molecule has 32 heavy (non-hydrogen) atoms. The van der Waals surface area contributed by atoms with Gasteiger partial charge in [0.25, 0.3) is 0 Å². The topological polar surface area (TPSA) is 83.4 Å². The molecule has 2 saturated carbocycles. The van der Waals surface area contributed by atoms with E-state index < -0.39 is 0 Å². The summed E-state index contributed by atoms with van der Waals surface area (Å²) in [5.74, 6) is 0.252. The molecule has 3 aromatic rings. The number of carbonyl (C=O) groups is 2. The first-order chi connectivity index (χ1) is 15.5. The lowest BCUT2D eigenvalue weighted by Crippen LogP contribution is -2.42. The average molecular weight is 485 g/mol. The van der Waals surface area contributed by atoms with E-state index in [4.69, 9.17) is 16.0 Å². The fourth-order valence-electron chi connectivity index (χ4n) is 6.65. The number of imide groups is 1. The molecule has 4 aliphatic rings. The van der Waals surface area contributed by atoms with Gasteiger partial charge in [0, 0.05) is 10.3 Å². The Morgan fingerprint density at radius 2 is 1.78 bits per heavy atom. The van der Waals surface area contributed by atoms with E-state index in [-0.39, 0.29) is 57.4 Å². The highest BCUT2D eigenvalue weighted by atomic mass is 35.5. The molecule has 3 fully saturated rings. The van der Waals surface area contributed by atoms with Crippen molar-refractivity contribution in [3.05, 3.63) is 68.0 Å². The number of carbonyl (C=O) groups excluding carboxylic acids is 2. The van der Waals surface area contributed by atoms with Crippen molar-refractivity contribution < 1.29 is 14.0 Å². The lowest BCUT2D eigenvalue weighted by Gasteiger charge is -2.42. The number of benzene rings is 1. The zero-order valence-electron chi connectivity index (χ0n) is 16.6. The maximum atomic E-state index is 13.6. The average Bonchev–Trinajstić information content (AvgIpc) is 3.57. The first-order valence-electron chi connectivity index (χ1n) is 10.6. The van der Waals surface area contributed by atoms with E-state index in [2.05, 4.69) is 4.98 Å². The summed E-state index contributed by atoms with van der Waals surface area (Å²) in [4.78, 5) is 44.5. The zero-order valence-corrected chi connectivity index (χ0v) is 19.0. The molecule has 4 heterocycles. The minimum atomic E-state index is -0.320. The van der Waals surface area contributed by atoms with Crippen LogP contribution in [0.4, 0.5) is 5.69 Å². The van der Waals surface area contributed by atoms with Crippen LogP contribution in [0.15, 0.2) is 56.9 Å². The largest absolute Gasteiger partial charge is 0.469 e. The summed E-state index contributed by atoms with van der Waals surface area (Å²) in [6.45, 7) is 0. The van der Waals surface area contributed by atoms with Crippen molar-refractivity contribution in [3.8, 4) is 0 Å². The third kappa shape index (κ3) is 2.40. The number of halogens is 1. The summed E-state index contributed by atoms with van der Waals surface area (Å²) in [7, 11) is 0. The fourth-order valence-corrected chi connectivity index (χ4v) is 9.64. The molecular formula is C23H17ClN2O4S2. The van der Waals surface area contributed by atoms with Gasteiger partial charge in [-0.3, -0.25) is 19.3 Å². The summed E-state index contributed by atoms with van der Waals surface area (Å²) in [5.41, 5.74) is 0.583. The lowest BCUT2D eigenvalue weighted by molar-refractivity contribution is -0.123. The second-order valence-corrected chi connectivity index (χ2v) is 11.6. The Morgan fingerprint density at radius 1 is 1.03 bits per heavy atom.